The normalized spacial score (nSPS) is 16.3. The molecule has 1 N–H and O–H groups in total. The molecule has 34 heavy (non-hydrogen) atoms. The van der Waals surface area contributed by atoms with Crippen LogP contribution in [0.1, 0.15) is 6.42 Å². The number of hydrogen-bond acceptors (Lipinski definition) is 3. The van der Waals surface area contributed by atoms with Crippen molar-refractivity contribution in [3.63, 3.8) is 0 Å². The number of rotatable bonds is 11. The molecule has 0 amide bonds. The van der Waals surface area contributed by atoms with Crippen LogP contribution in [0.25, 0.3) is 0 Å². The third kappa shape index (κ3) is 4.73. The molecule has 0 aliphatic rings. The van der Waals surface area contributed by atoms with Crippen molar-refractivity contribution in [1.82, 2.24) is 0 Å². The average Bonchev–Trinajstić information content (AvgIpc) is 2.63. The van der Waals surface area contributed by atoms with E-state index < -0.39 is 72.7 Å². The van der Waals surface area contributed by atoms with E-state index in [9.17, 15) is 79.4 Å². The Labute approximate surface area is 176 Å². The van der Waals surface area contributed by atoms with Crippen molar-refractivity contribution in [2.24, 2.45) is 0 Å². The van der Waals surface area contributed by atoms with Crippen LogP contribution in [-0.4, -0.2) is 71.4 Å². The van der Waals surface area contributed by atoms with Crippen LogP contribution < -0.4 is 0 Å². The number of carbonyl (C=O) groups excluding carboxylic acids is 1. The number of esters is 1. The topological polar surface area (TPSA) is 46.5 Å². The minimum Gasteiger partial charge on any atom is -0.460 e. The molecule has 0 aliphatic heterocycles. The molecule has 0 saturated heterocycles. The summed E-state index contributed by atoms with van der Waals surface area (Å²) in [6, 6.07) is 0. The number of carbonyl (C=O) groups is 1. The molecular weight excluding hydrogens is 539 g/mol. The molecule has 0 aromatic heterocycles. The summed E-state index contributed by atoms with van der Waals surface area (Å²) >= 11 is 0. The van der Waals surface area contributed by atoms with E-state index in [1.807, 2.05) is 0 Å². The molecule has 0 fully saturated rings. The molecule has 0 bridgehead atoms. The van der Waals surface area contributed by atoms with E-state index in [0.717, 1.165) is 0 Å². The average molecular weight is 548 g/mol. The van der Waals surface area contributed by atoms with E-state index >= 15 is 0 Å². The lowest BCUT2D eigenvalue weighted by Gasteiger charge is -2.43. The fourth-order valence-electron chi connectivity index (χ4n) is 1.92. The van der Waals surface area contributed by atoms with Gasteiger partial charge in [-0.15, -0.1) is 0 Å². The van der Waals surface area contributed by atoms with E-state index in [-0.39, 0.29) is 6.08 Å². The first-order chi connectivity index (χ1) is 14.6. The lowest BCUT2D eigenvalue weighted by atomic mass is 9.88. The molecule has 0 saturated carbocycles. The lowest BCUT2D eigenvalue weighted by molar-refractivity contribution is -0.462. The van der Waals surface area contributed by atoms with Gasteiger partial charge in [0.15, 0.2) is 0 Å². The summed E-state index contributed by atoms with van der Waals surface area (Å²) in [4.78, 5) is 10.6. The van der Waals surface area contributed by atoms with Crippen LogP contribution in [-0.2, 0) is 9.53 Å². The van der Waals surface area contributed by atoms with Crippen LogP contribution in [0.2, 0.25) is 0 Å². The largest absolute Gasteiger partial charge is 0.460 e. The van der Waals surface area contributed by atoms with Crippen LogP contribution in [0.15, 0.2) is 12.7 Å². The Kier molecular flexibility index (Phi) is 8.36. The predicted octanol–water partition coefficient (Wildman–Crippen LogP) is 5.48. The maximum Gasteiger partial charge on any atom is 0.460 e. The monoisotopic (exact) mass is 548 g/mol. The summed E-state index contributed by atoms with van der Waals surface area (Å²) in [5.41, 5.74) is 0. The number of alkyl halides is 17. The molecule has 1 unspecified atom stereocenters. The van der Waals surface area contributed by atoms with Crippen molar-refractivity contribution in [2.75, 3.05) is 6.61 Å². The quantitative estimate of drug-likeness (QED) is 0.212. The van der Waals surface area contributed by atoms with Gasteiger partial charge >= 0.3 is 53.6 Å². The van der Waals surface area contributed by atoms with Gasteiger partial charge in [-0.1, -0.05) is 6.58 Å². The van der Waals surface area contributed by atoms with Crippen LogP contribution in [0.3, 0.4) is 0 Å². The first-order valence-electron chi connectivity index (χ1n) is 7.78. The third-order valence-electron chi connectivity index (χ3n) is 3.86. The number of ether oxygens (including phenoxy) is 1. The van der Waals surface area contributed by atoms with Gasteiger partial charge in [-0.05, 0) is 0 Å². The van der Waals surface area contributed by atoms with Gasteiger partial charge < -0.3 is 9.84 Å². The first-order valence-corrected chi connectivity index (χ1v) is 7.78. The molecule has 202 valence electrons. The maximum absolute atomic E-state index is 13.5. The molecule has 0 spiro atoms. The van der Waals surface area contributed by atoms with Crippen molar-refractivity contribution < 1.29 is 89.3 Å². The highest BCUT2D eigenvalue weighted by molar-refractivity contribution is 5.81. The van der Waals surface area contributed by atoms with E-state index in [2.05, 4.69) is 11.3 Å². The van der Waals surface area contributed by atoms with Gasteiger partial charge in [0.25, 0.3) is 0 Å². The number of aliphatic hydroxyl groups excluding tert-OH is 1. The van der Waals surface area contributed by atoms with Crippen molar-refractivity contribution in [2.45, 2.75) is 60.2 Å². The Bertz CT molecular complexity index is 755. The minimum absolute atomic E-state index is 0.285. The zero-order valence-electron chi connectivity index (χ0n) is 15.5. The Morgan fingerprint density at radius 3 is 1.32 bits per heavy atom. The lowest BCUT2D eigenvalue weighted by Crippen LogP contribution is -2.74. The second kappa shape index (κ2) is 8.89. The Balaban J connectivity index is 6.39. The predicted molar refractivity (Wildman–Crippen MR) is 72.5 cm³/mol. The van der Waals surface area contributed by atoms with Crippen LogP contribution >= 0.6 is 0 Å². The van der Waals surface area contributed by atoms with E-state index in [1.54, 1.807) is 0 Å². The van der Waals surface area contributed by atoms with Gasteiger partial charge in [0.1, 0.15) is 6.61 Å². The van der Waals surface area contributed by atoms with E-state index in [1.165, 1.54) is 0 Å². The Hall–Kier alpha value is -2.02. The molecule has 0 rings (SSSR count). The molecule has 0 aliphatic carbocycles. The third-order valence-corrected chi connectivity index (χ3v) is 3.86. The van der Waals surface area contributed by atoms with Crippen molar-refractivity contribution in [3.8, 4) is 0 Å². The van der Waals surface area contributed by atoms with Gasteiger partial charge in [-0.25, -0.2) is 4.79 Å². The zero-order valence-corrected chi connectivity index (χ0v) is 15.5. The zero-order chi connectivity index (χ0) is 28.0. The summed E-state index contributed by atoms with van der Waals surface area (Å²) in [6.45, 7) is 0.978. The van der Waals surface area contributed by atoms with Crippen LogP contribution in [0.5, 0.6) is 0 Å². The molecule has 0 radical (unpaired) electrons. The smallest absolute Gasteiger partial charge is 0.460 e. The molecule has 1 atom stereocenters. The highest BCUT2D eigenvalue weighted by Crippen LogP contribution is 2.64. The van der Waals surface area contributed by atoms with Crippen molar-refractivity contribution in [1.29, 1.82) is 0 Å². The molecule has 0 heterocycles. The fourth-order valence-corrected chi connectivity index (χ4v) is 1.92. The van der Waals surface area contributed by atoms with Gasteiger partial charge in [0.2, 0.25) is 0 Å². The molecule has 3 nitrogen and oxygen atoms in total. The fraction of sp³-hybridized carbons (Fsp3) is 0.786. The van der Waals surface area contributed by atoms with Gasteiger partial charge in [-0.2, -0.15) is 74.6 Å². The summed E-state index contributed by atoms with van der Waals surface area (Å²) in [6.07, 6.45) is -13.8. The molecular formula is C14H9F17O3. The second-order valence-electron chi connectivity index (χ2n) is 6.34. The molecule has 0 aromatic rings. The summed E-state index contributed by atoms with van der Waals surface area (Å²) in [5.74, 6) is -58.9. The number of aliphatic hydroxyl groups is 1. The molecule has 20 heteroatoms. The maximum atomic E-state index is 13.5. The summed E-state index contributed by atoms with van der Waals surface area (Å²) in [5, 5.41) is 9.00. The summed E-state index contributed by atoms with van der Waals surface area (Å²) < 4.78 is 226. The van der Waals surface area contributed by atoms with Gasteiger partial charge in [-0.3, -0.25) is 0 Å². The highest BCUT2D eigenvalue weighted by atomic mass is 19.4. The Morgan fingerprint density at radius 2 is 1.00 bits per heavy atom. The van der Waals surface area contributed by atoms with Crippen LogP contribution in [0.4, 0.5) is 74.6 Å². The van der Waals surface area contributed by atoms with Gasteiger partial charge in [0.05, 0.1) is 6.10 Å². The number of hydrogen-bond donors (Lipinski definition) is 1. The van der Waals surface area contributed by atoms with E-state index in [4.69, 9.17) is 5.11 Å². The standard InChI is InChI=1S/C14H9F17O3/c1-2-6(33)34-4-5(32)3-7(15,16)8(17,18)9(19,20)10(21,22)11(23,24)12(25,26)13(27,28)14(29,30)31/h2,5,32H,1,3-4H2. The highest BCUT2D eigenvalue weighted by Gasteiger charge is 2.95. The van der Waals surface area contributed by atoms with Gasteiger partial charge in [0, 0.05) is 12.5 Å². The SMILES string of the molecule is C=CC(=O)OCC(O)CC(F)(F)C(F)(F)C(F)(F)C(F)(F)C(F)(F)C(F)(F)C(F)(F)C(F)(F)F. The summed E-state index contributed by atoms with van der Waals surface area (Å²) in [7, 11) is 0. The van der Waals surface area contributed by atoms with E-state index in [0.29, 0.717) is 0 Å². The minimum atomic E-state index is -8.72. The molecule has 0 aromatic carbocycles. The van der Waals surface area contributed by atoms with Crippen LogP contribution in [0, 0.1) is 0 Å². The Morgan fingerprint density at radius 1 is 0.676 bits per heavy atom. The van der Waals surface area contributed by atoms with Crippen molar-refractivity contribution >= 4 is 5.97 Å². The second-order valence-corrected chi connectivity index (χ2v) is 6.34. The number of halogens is 17. The first kappa shape index (κ1) is 32.0. The van der Waals surface area contributed by atoms with Crippen molar-refractivity contribution in [3.05, 3.63) is 12.7 Å².